The first-order valence-corrected chi connectivity index (χ1v) is 6.46. The second kappa shape index (κ2) is 5.66. The molecule has 0 aromatic heterocycles. The largest absolute Gasteiger partial charge is 0.325 e. The Labute approximate surface area is 107 Å². The average molecular weight is 335 g/mol. The van der Waals surface area contributed by atoms with Gasteiger partial charge in [0.15, 0.2) is 0 Å². The van der Waals surface area contributed by atoms with Gasteiger partial charge in [0.1, 0.15) is 0 Å². The van der Waals surface area contributed by atoms with E-state index in [0.717, 1.165) is 22.1 Å². The van der Waals surface area contributed by atoms with Crippen LogP contribution in [-0.2, 0) is 4.79 Å². The third-order valence-electron chi connectivity index (χ3n) is 1.95. The molecule has 0 bridgehead atoms. The first-order chi connectivity index (χ1) is 7.02. The van der Waals surface area contributed by atoms with Crippen molar-refractivity contribution in [3.63, 3.8) is 0 Å². The summed E-state index contributed by atoms with van der Waals surface area (Å²) in [6.45, 7) is 3.96. The van der Waals surface area contributed by atoms with E-state index >= 15 is 0 Å². The number of carbonyl (C=O) groups excluding carboxylic acids is 1. The van der Waals surface area contributed by atoms with Crippen molar-refractivity contribution in [2.24, 2.45) is 0 Å². The second-order valence-corrected chi connectivity index (χ2v) is 5.40. The fourth-order valence-corrected chi connectivity index (χ4v) is 1.94. The Morgan fingerprint density at radius 2 is 2.13 bits per heavy atom. The molecule has 1 atom stereocenters. The van der Waals surface area contributed by atoms with E-state index < -0.39 is 0 Å². The van der Waals surface area contributed by atoms with Crippen LogP contribution in [-0.4, -0.2) is 10.7 Å². The molecule has 0 aliphatic heterocycles. The third kappa shape index (κ3) is 3.95. The number of aryl methyl sites for hydroxylation is 1. The predicted molar refractivity (Wildman–Crippen MR) is 70.5 cm³/mol. The Morgan fingerprint density at radius 1 is 1.47 bits per heavy atom. The van der Waals surface area contributed by atoms with Crippen molar-refractivity contribution in [1.82, 2.24) is 0 Å². The molecule has 82 valence electrons. The van der Waals surface area contributed by atoms with Crippen molar-refractivity contribution in [3.05, 3.63) is 28.2 Å². The van der Waals surface area contributed by atoms with Gasteiger partial charge in [-0.15, -0.1) is 0 Å². The molecule has 4 heteroatoms. The SMILES string of the molecule is CCC(Br)C(=O)Nc1cc(C)cc(Br)c1. The monoisotopic (exact) mass is 333 g/mol. The molecule has 1 aromatic rings. The number of hydrogen-bond acceptors (Lipinski definition) is 1. The van der Waals surface area contributed by atoms with Crippen LogP contribution in [0.4, 0.5) is 5.69 Å². The highest BCUT2D eigenvalue weighted by atomic mass is 79.9. The maximum atomic E-state index is 11.6. The van der Waals surface area contributed by atoms with Crippen LogP contribution in [0.3, 0.4) is 0 Å². The average Bonchev–Trinajstić information content (AvgIpc) is 2.14. The predicted octanol–water partition coefficient (Wildman–Crippen LogP) is 3.87. The van der Waals surface area contributed by atoms with Crippen LogP contribution in [0.25, 0.3) is 0 Å². The summed E-state index contributed by atoms with van der Waals surface area (Å²) in [6, 6.07) is 5.83. The van der Waals surface area contributed by atoms with Gasteiger partial charge in [-0.1, -0.05) is 38.8 Å². The second-order valence-electron chi connectivity index (χ2n) is 3.38. The zero-order chi connectivity index (χ0) is 11.4. The number of anilines is 1. The molecule has 0 aliphatic carbocycles. The molecule has 0 heterocycles. The lowest BCUT2D eigenvalue weighted by Gasteiger charge is -2.09. The van der Waals surface area contributed by atoms with Gasteiger partial charge in [0, 0.05) is 10.2 Å². The van der Waals surface area contributed by atoms with Crippen molar-refractivity contribution in [3.8, 4) is 0 Å². The number of benzene rings is 1. The highest BCUT2D eigenvalue weighted by Crippen LogP contribution is 2.20. The van der Waals surface area contributed by atoms with Gasteiger partial charge in [-0.25, -0.2) is 0 Å². The van der Waals surface area contributed by atoms with Crippen LogP contribution >= 0.6 is 31.9 Å². The van der Waals surface area contributed by atoms with E-state index in [1.807, 2.05) is 32.0 Å². The Hall–Kier alpha value is -0.350. The molecule has 1 rings (SSSR count). The third-order valence-corrected chi connectivity index (χ3v) is 3.47. The van der Waals surface area contributed by atoms with Crippen molar-refractivity contribution in [1.29, 1.82) is 0 Å². The molecule has 15 heavy (non-hydrogen) atoms. The van der Waals surface area contributed by atoms with E-state index in [9.17, 15) is 4.79 Å². The summed E-state index contributed by atoms with van der Waals surface area (Å²) in [7, 11) is 0. The highest BCUT2D eigenvalue weighted by Gasteiger charge is 2.12. The molecule has 0 spiro atoms. The van der Waals surface area contributed by atoms with E-state index in [2.05, 4.69) is 37.2 Å². The van der Waals surface area contributed by atoms with E-state index in [1.165, 1.54) is 0 Å². The topological polar surface area (TPSA) is 29.1 Å². The number of nitrogens with one attached hydrogen (secondary N) is 1. The van der Waals surface area contributed by atoms with Crippen LogP contribution in [0.5, 0.6) is 0 Å². The maximum absolute atomic E-state index is 11.6. The molecule has 1 N–H and O–H groups in total. The summed E-state index contributed by atoms with van der Waals surface area (Å²) in [4.78, 5) is 11.5. The van der Waals surface area contributed by atoms with E-state index in [0.29, 0.717) is 0 Å². The number of carbonyl (C=O) groups is 1. The molecule has 0 fully saturated rings. The Balaban J connectivity index is 2.76. The molecule has 0 aliphatic rings. The minimum Gasteiger partial charge on any atom is -0.325 e. The van der Waals surface area contributed by atoms with Gasteiger partial charge in [0.2, 0.25) is 5.91 Å². The van der Waals surface area contributed by atoms with Gasteiger partial charge in [-0.2, -0.15) is 0 Å². The molecule has 1 amide bonds. The number of hydrogen-bond donors (Lipinski definition) is 1. The first kappa shape index (κ1) is 12.7. The molecule has 2 nitrogen and oxygen atoms in total. The number of rotatable bonds is 3. The number of amides is 1. The van der Waals surface area contributed by atoms with Crippen molar-refractivity contribution < 1.29 is 4.79 Å². The lowest BCUT2D eigenvalue weighted by Crippen LogP contribution is -2.21. The van der Waals surface area contributed by atoms with E-state index in [4.69, 9.17) is 0 Å². The van der Waals surface area contributed by atoms with Crippen molar-refractivity contribution in [2.75, 3.05) is 5.32 Å². The zero-order valence-electron chi connectivity index (χ0n) is 8.68. The Morgan fingerprint density at radius 3 is 2.67 bits per heavy atom. The van der Waals surface area contributed by atoms with Gasteiger partial charge in [0.05, 0.1) is 4.83 Å². The fraction of sp³-hybridized carbons (Fsp3) is 0.364. The smallest absolute Gasteiger partial charge is 0.238 e. The van der Waals surface area contributed by atoms with Gasteiger partial charge in [-0.05, 0) is 37.1 Å². The van der Waals surface area contributed by atoms with E-state index in [-0.39, 0.29) is 10.7 Å². The highest BCUT2D eigenvalue weighted by molar-refractivity contribution is 9.10. The Bertz CT molecular complexity index is 345. The van der Waals surface area contributed by atoms with Crippen LogP contribution in [0.15, 0.2) is 22.7 Å². The summed E-state index contributed by atoms with van der Waals surface area (Å²) in [5.41, 5.74) is 1.94. The van der Waals surface area contributed by atoms with Crippen LogP contribution in [0, 0.1) is 6.92 Å². The Kier molecular flexibility index (Phi) is 4.80. The summed E-state index contributed by atoms with van der Waals surface area (Å²) >= 11 is 6.71. The van der Waals surface area contributed by atoms with Crippen LogP contribution < -0.4 is 5.32 Å². The molecule has 0 saturated carbocycles. The fourth-order valence-electron chi connectivity index (χ4n) is 1.21. The minimum absolute atomic E-state index is 0.00463. The molecular formula is C11H13Br2NO. The van der Waals surface area contributed by atoms with Gasteiger partial charge >= 0.3 is 0 Å². The van der Waals surface area contributed by atoms with Gasteiger partial charge < -0.3 is 5.32 Å². The van der Waals surface area contributed by atoms with E-state index in [1.54, 1.807) is 0 Å². The number of halogens is 2. The van der Waals surface area contributed by atoms with Crippen LogP contribution in [0.2, 0.25) is 0 Å². The summed E-state index contributed by atoms with van der Waals surface area (Å²) in [6.07, 6.45) is 0.777. The summed E-state index contributed by atoms with van der Waals surface area (Å²) in [5.74, 6) is -0.00463. The van der Waals surface area contributed by atoms with Crippen LogP contribution in [0.1, 0.15) is 18.9 Å². The summed E-state index contributed by atoms with van der Waals surface area (Å²) in [5, 5.41) is 2.86. The van der Waals surface area contributed by atoms with Gasteiger partial charge in [-0.3, -0.25) is 4.79 Å². The zero-order valence-corrected chi connectivity index (χ0v) is 11.9. The van der Waals surface area contributed by atoms with Gasteiger partial charge in [0.25, 0.3) is 0 Å². The minimum atomic E-state index is -0.128. The lowest BCUT2D eigenvalue weighted by molar-refractivity contribution is -0.115. The van der Waals surface area contributed by atoms with Crippen molar-refractivity contribution in [2.45, 2.75) is 25.1 Å². The maximum Gasteiger partial charge on any atom is 0.238 e. The quantitative estimate of drug-likeness (QED) is 0.835. The molecule has 1 unspecified atom stereocenters. The van der Waals surface area contributed by atoms with Crippen molar-refractivity contribution >= 4 is 43.5 Å². The summed E-state index contributed by atoms with van der Waals surface area (Å²) < 4.78 is 0.973. The first-order valence-electron chi connectivity index (χ1n) is 4.75. The standard InChI is InChI=1S/C11H13Br2NO/c1-3-10(13)11(15)14-9-5-7(2)4-8(12)6-9/h4-6,10H,3H2,1-2H3,(H,14,15). The molecule has 0 saturated heterocycles. The normalized spacial score (nSPS) is 12.3. The number of alkyl halides is 1. The molecular weight excluding hydrogens is 322 g/mol. The molecule has 0 radical (unpaired) electrons. The lowest BCUT2D eigenvalue weighted by atomic mass is 10.2. The molecule has 1 aromatic carbocycles.